The van der Waals surface area contributed by atoms with E-state index in [4.69, 9.17) is 10.2 Å². The molecule has 0 aliphatic rings. The summed E-state index contributed by atoms with van der Waals surface area (Å²) in [6.07, 6.45) is 7.43. The van der Waals surface area contributed by atoms with E-state index in [2.05, 4.69) is 13.8 Å². The molecule has 0 saturated heterocycles. The zero-order chi connectivity index (χ0) is 16.0. The number of rotatable bonds is 10. The van der Waals surface area contributed by atoms with Gasteiger partial charge < -0.3 is 10.2 Å². The minimum absolute atomic E-state index is 0. The molecule has 0 fully saturated rings. The SMILES string of the molecule is CCCCC(CC)C(=O)O.CCCCC(CC)C(=O)O.[Cu]. The molecule has 0 aliphatic carbocycles. The van der Waals surface area contributed by atoms with Gasteiger partial charge in [-0.2, -0.15) is 0 Å². The van der Waals surface area contributed by atoms with Gasteiger partial charge in [0.2, 0.25) is 0 Å². The first-order valence-corrected chi connectivity index (χ1v) is 7.89. The van der Waals surface area contributed by atoms with E-state index in [1.807, 2.05) is 13.8 Å². The smallest absolute Gasteiger partial charge is 0.306 e. The average molecular weight is 352 g/mol. The average Bonchev–Trinajstić information content (AvgIpc) is 2.40. The second-order valence-electron chi connectivity index (χ2n) is 5.17. The molecule has 0 aromatic carbocycles. The van der Waals surface area contributed by atoms with Gasteiger partial charge in [-0.05, 0) is 25.7 Å². The first-order valence-electron chi connectivity index (χ1n) is 7.89. The molecule has 0 bridgehead atoms. The second-order valence-corrected chi connectivity index (χ2v) is 5.17. The molecule has 0 aliphatic heterocycles. The molecule has 21 heavy (non-hydrogen) atoms. The number of hydrogen-bond acceptors (Lipinski definition) is 2. The van der Waals surface area contributed by atoms with Crippen molar-refractivity contribution in [2.75, 3.05) is 0 Å². The molecule has 0 amide bonds. The van der Waals surface area contributed by atoms with E-state index >= 15 is 0 Å². The Hall–Kier alpha value is -0.541. The number of carbonyl (C=O) groups is 2. The third-order valence-electron chi connectivity index (χ3n) is 3.50. The fraction of sp³-hybridized carbons (Fsp3) is 0.875. The third-order valence-corrected chi connectivity index (χ3v) is 3.50. The Morgan fingerprint density at radius 3 is 1.19 bits per heavy atom. The monoisotopic (exact) mass is 351 g/mol. The Kier molecular flexibility index (Phi) is 21.2. The van der Waals surface area contributed by atoms with Crippen molar-refractivity contribution >= 4 is 11.9 Å². The minimum Gasteiger partial charge on any atom is -0.481 e. The van der Waals surface area contributed by atoms with Crippen molar-refractivity contribution in [1.29, 1.82) is 0 Å². The van der Waals surface area contributed by atoms with Crippen molar-refractivity contribution in [3.8, 4) is 0 Å². The van der Waals surface area contributed by atoms with Crippen LogP contribution in [-0.4, -0.2) is 22.2 Å². The second kappa shape index (κ2) is 17.5. The van der Waals surface area contributed by atoms with Crippen molar-refractivity contribution < 1.29 is 36.9 Å². The Labute approximate surface area is 140 Å². The molecule has 2 atom stereocenters. The van der Waals surface area contributed by atoms with Crippen LogP contribution in [0.15, 0.2) is 0 Å². The van der Waals surface area contributed by atoms with Crippen molar-refractivity contribution in [3.05, 3.63) is 0 Å². The third kappa shape index (κ3) is 15.7. The largest absolute Gasteiger partial charge is 0.481 e. The first kappa shape index (κ1) is 25.4. The van der Waals surface area contributed by atoms with Crippen molar-refractivity contribution in [1.82, 2.24) is 0 Å². The Morgan fingerprint density at radius 2 is 1.05 bits per heavy atom. The molecule has 5 heteroatoms. The zero-order valence-electron chi connectivity index (χ0n) is 13.8. The standard InChI is InChI=1S/2C8H16O2.Cu/c2*1-3-5-6-7(4-2)8(9)10;/h2*7H,3-6H2,1-2H3,(H,9,10);. The van der Waals surface area contributed by atoms with Crippen LogP contribution < -0.4 is 0 Å². The van der Waals surface area contributed by atoms with E-state index in [9.17, 15) is 9.59 Å². The van der Waals surface area contributed by atoms with Gasteiger partial charge >= 0.3 is 11.9 Å². The summed E-state index contributed by atoms with van der Waals surface area (Å²) in [6, 6.07) is 0. The van der Waals surface area contributed by atoms with Crippen molar-refractivity contribution in [2.45, 2.75) is 79.1 Å². The number of hydrogen-bond donors (Lipinski definition) is 2. The normalized spacial score (nSPS) is 12.4. The first-order chi connectivity index (χ1) is 9.44. The summed E-state index contributed by atoms with van der Waals surface area (Å²) in [5.41, 5.74) is 0. The maximum Gasteiger partial charge on any atom is 0.306 e. The molecular formula is C16H32CuO4. The van der Waals surface area contributed by atoms with Crippen LogP contribution in [0.25, 0.3) is 0 Å². The molecule has 0 spiro atoms. The number of carboxylic acids is 2. The van der Waals surface area contributed by atoms with Crippen molar-refractivity contribution in [2.24, 2.45) is 11.8 Å². The maximum absolute atomic E-state index is 10.4. The zero-order valence-corrected chi connectivity index (χ0v) is 14.8. The van der Waals surface area contributed by atoms with Crippen LogP contribution in [-0.2, 0) is 26.7 Å². The molecule has 131 valence electrons. The van der Waals surface area contributed by atoms with E-state index in [0.29, 0.717) is 0 Å². The molecule has 4 nitrogen and oxygen atoms in total. The summed E-state index contributed by atoms with van der Waals surface area (Å²) in [7, 11) is 0. The van der Waals surface area contributed by atoms with Crippen LogP contribution in [0.2, 0.25) is 0 Å². The van der Waals surface area contributed by atoms with Gasteiger partial charge in [-0.15, -0.1) is 0 Å². The molecule has 0 aromatic rings. The van der Waals surface area contributed by atoms with E-state index < -0.39 is 11.9 Å². The quantitative estimate of drug-likeness (QED) is 0.565. The van der Waals surface area contributed by atoms with Gasteiger partial charge in [0.05, 0.1) is 11.8 Å². The Bertz CT molecular complexity index is 231. The number of aliphatic carboxylic acids is 2. The predicted octanol–water partition coefficient (Wildman–Crippen LogP) is 4.57. The Balaban J connectivity index is -0.000000295. The van der Waals surface area contributed by atoms with Crippen molar-refractivity contribution in [3.63, 3.8) is 0 Å². The van der Waals surface area contributed by atoms with Crippen LogP contribution in [0.4, 0.5) is 0 Å². The van der Waals surface area contributed by atoms with Crippen LogP contribution in [0, 0.1) is 11.8 Å². The van der Waals surface area contributed by atoms with Gasteiger partial charge in [0, 0.05) is 17.1 Å². The van der Waals surface area contributed by atoms with Gasteiger partial charge in [-0.25, -0.2) is 0 Å². The van der Waals surface area contributed by atoms with Crippen LogP contribution in [0.3, 0.4) is 0 Å². The molecule has 0 heterocycles. The maximum atomic E-state index is 10.4. The summed E-state index contributed by atoms with van der Waals surface area (Å²) in [4.78, 5) is 20.9. The summed E-state index contributed by atoms with van der Waals surface area (Å²) in [5.74, 6) is -1.51. The molecular weight excluding hydrogens is 320 g/mol. The predicted molar refractivity (Wildman–Crippen MR) is 81.9 cm³/mol. The van der Waals surface area contributed by atoms with Gasteiger partial charge in [0.25, 0.3) is 0 Å². The van der Waals surface area contributed by atoms with E-state index in [0.717, 1.165) is 51.4 Å². The molecule has 2 N–H and O–H groups in total. The summed E-state index contributed by atoms with van der Waals surface area (Å²) >= 11 is 0. The molecule has 1 radical (unpaired) electrons. The van der Waals surface area contributed by atoms with E-state index in [1.54, 1.807) is 0 Å². The van der Waals surface area contributed by atoms with Gasteiger partial charge in [-0.3, -0.25) is 9.59 Å². The van der Waals surface area contributed by atoms with Gasteiger partial charge in [0.1, 0.15) is 0 Å². The molecule has 0 rings (SSSR count). The number of carboxylic acid groups (broad SMARTS) is 2. The van der Waals surface area contributed by atoms with Crippen LogP contribution >= 0.6 is 0 Å². The molecule has 0 aromatic heterocycles. The topological polar surface area (TPSA) is 74.6 Å². The van der Waals surface area contributed by atoms with E-state index in [-0.39, 0.29) is 28.9 Å². The van der Waals surface area contributed by atoms with Crippen LogP contribution in [0.1, 0.15) is 79.1 Å². The molecule has 2 unspecified atom stereocenters. The molecule has 0 saturated carbocycles. The number of unbranched alkanes of at least 4 members (excludes halogenated alkanes) is 2. The summed E-state index contributed by atoms with van der Waals surface area (Å²) < 4.78 is 0. The Morgan fingerprint density at radius 1 is 0.762 bits per heavy atom. The van der Waals surface area contributed by atoms with Gasteiger partial charge in [0.15, 0.2) is 0 Å². The van der Waals surface area contributed by atoms with Crippen LogP contribution in [0.5, 0.6) is 0 Å². The fourth-order valence-electron chi connectivity index (χ4n) is 1.91. The van der Waals surface area contributed by atoms with Gasteiger partial charge in [-0.1, -0.05) is 53.4 Å². The fourth-order valence-corrected chi connectivity index (χ4v) is 1.91. The minimum atomic E-state index is -0.643. The van der Waals surface area contributed by atoms with E-state index in [1.165, 1.54) is 0 Å². The summed E-state index contributed by atoms with van der Waals surface area (Å²) in [5, 5.41) is 17.2. The summed E-state index contributed by atoms with van der Waals surface area (Å²) in [6.45, 7) is 8.01.